The summed E-state index contributed by atoms with van der Waals surface area (Å²) in [6.07, 6.45) is -6.16. The van der Waals surface area contributed by atoms with Crippen molar-refractivity contribution in [2.75, 3.05) is 16.2 Å². The average Bonchev–Trinajstić information content (AvgIpc) is 2.66. The lowest BCUT2D eigenvalue weighted by atomic mass is 10.1. The minimum Gasteiger partial charge on any atom is -0.489 e. The number of rotatable bonds is 4. The lowest BCUT2D eigenvalue weighted by molar-refractivity contribution is -0.242. The lowest BCUT2D eigenvalue weighted by Gasteiger charge is -2.36. The van der Waals surface area contributed by atoms with Crippen LogP contribution in [0.2, 0.25) is 0 Å². The van der Waals surface area contributed by atoms with Crippen molar-refractivity contribution in [3.63, 3.8) is 0 Å². The highest BCUT2D eigenvalue weighted by atomic mass is 32.2. The molecule has 0 radical (unpaired) electrons. The number of benzene rings is 2. The molecule has 2 aromatic rings. The average molecular weight is 476 g/mol. The first-order chi connectivity index (χ1) is 14.7. The zero-order chi connectivity index (χ0) is 23.9. The number of halogens is 4. The van der Waals surface area contributed by atoms with Crippen LogP contribution in [0.4, 0.5) is 33.7 Å². The molecule has 12 heteroatoms. The van der Waals surface area contributed by atoms with E-state index in [1.807, 2.05) is 0 Å². The topological polar surface area (TPSA) is 84.9 Å². The number of carbonyl (C=O) groups excluding carboxylic acids is 1. The number of sulfonamides is 1. The van der Waals surface area contributed by atoms with Crippen LogP contribution in [-0.4, -0.2) is 38.9 Å². The molecule has 0 saturated carbocycles. The van der Waals surface area contributed by atoms with Crippen molar-refractivity contribution < 1.29 is 40.2 Å². The zero-order valence-electron chi connectivity index (χ0n) is 17.2. The van der Waals surface area contributed by atoms with Crippen molar-refractivity contribution in [2.45, 2.75) is 43.5 Å². The fourth-order valence-electron chi connectivity index (χ4n) is 2.92. The van der Waals surface area contributed by atoms with E-state index in [-0.39, 0.29) is 28.6 Å². The Bertz CT molecular complexity index is 1120. The van der Waals surface area contributed by atoms with Gasteiger partial charge in [-0.3, -0.25) is 9.62 Å². The molecule has 1 N–H and O–H groups in total. The van der Waals surface area contributed by atoms with Gasteiger partial charge < -0.3 is 9.47 Å². The van der Waals surface area contributed by atoms with Crippen LogP contribution < -0.4 is 14.4 Å². The van der Waals surface area contributed by atoms with Gasteiger partial charge in [-0.25, -0.2) is 17.6 Å². The fourth-order valence-corrected chi connectivity index (χ4v) is 4.57. The van der Waals surface area contributed by atoms with E-state index in [4.69, 9.17) is 4.74 Å². The molecule has 1 atom stereocenters. The lowest BCUT2D eigenvalue weighted by Crippen LogP contribution is -2.45. The van der Waals surface area contributed by atoms with Crippen LogP contribution in [0.1, 0.15) is 20.8 Å². The summed E-state index contributed by atoms with van der Waals surface area (Å²) in [6.45, 7) is 3.02. The molecule has 174 valence electrons. The molecule has 0 spiro atoms. The van der Waals surface area contributed by atoms with Gasteiger partial charge in [0.25, 0.3) is 10.0 Å². The maximum atomic E-state index is 13.2. The second kappa shape index (κ2) is 8.15. The van der Waals surface area contributed by atoms with Crippen molar-refractivity contribution in [2.24, 2.45) is 0 Å². The molecule has 0 saturated heterocycles. The summed E-state index contributed by atoms with van der Waals surface area (Å²) in [5.41, 5.74) is -2.69. The molecule has 0 aliphatic carbocycles. The number of hydrogen-bond donors (Lipinski definition) is 1. The number of nitrogens with zero attached hydrogens (tertiary/aromatic N) is 1. The summed E-state index contributed by atoms with van der Waals surface area (Å²) < 4.78 is 89.6. The molecule has 1 amide bonds. The van der Waals surface area contributed by atoms with Crippen LogP contribution >= 0.6 is 0 Å². The first kappa shape index (κ1) is 23.6. The van der Waals surface area contributed by atoms with Crippen LogP contribution in [0.25, 0.3) is 0 Å². The normalized spacial score (nSPS) is 16.7. The number of carbonyl (C=O) groups is 1. The Hall–Kier alpha value is -3.02. The zero-order valence-corrected chi connectivity index (χ0v) is 18.1. The number of alkyl halides is 3. The Kier molecular flexibility index (Phi) is 6.02. The summed E-state index contributed by atoms with van der Waals surface area (Å²) in [6, 6.07) is 7.54. The summed E-state index contributed by atoms with van der Waals surface area (Å²) in [5, 5.41) is 2.17. The Morgan fingerprint density at radius 2 is 1.78 bits per heavy atom. The number of hydrogen-bond acceptors (Lipinski definition) is 5. The Labute approximate surface area is 182 Å². The van der Waals surface area contributed by atoms with Gasteiger partial charge in [0.1, 0.15) is 18.2 Å². The second-order valence-corrected chi connectivity index (χ2v) is 9.43. The predicted molar refractivity (Wildman–Crippen MR) is 108 cm³/mol. The van der Waals surface area contributed by atoms with Gasteiger partial charge >= 0.3 is 12.3 Å². The van der Waals surface area contributed by atoms with Crippen LogP contribution in [0.15, 0.2) is 47.4 Å². The van der Waals surface area contributed by atoms with Crippen LogP contribution in [0, 0.1) is 5.82 Å². The van der Waals surface area contributed by atoms with Gasteiger partial charge in [0.15, 0.2) is 0 Å². The SMILES string of the molecule is CC1COc2ccc(NC(=O)OC(C)(C)C(F)(F)F)cc2N1S(=O)(=O)c1ccc(F)cc1. The summed E-state index contributed by atoms with van der Waals surface area (Å²) in [4.78, 5) is 11.8. The molecule has 0 aromatic heterocycles. The monoisotopic (exact) mass is 476 g/mol. The van der Waals surface area contributed by atoms with E-state index in [1.54, 1.807) is 6.92 Å². The van der Waals surface area contributed by atoms with E-state index in [1.165, 1.54) is 18.2 Å². The smallest absolute Gasteiger partial charge is 0.427 e. The molecule has 2 aromatic carbocycles. The van der Waals surface area contributed by atoms with Crippen molar-refractivity contribution in [3.05, 3.63) is 48.3 Å². The third-order valence-corrected chi connectivity index (χ3v) is 6.67. The third kappa shape index (κ3) is 4.59. The second-order valence-electron chi connectivity index (χ2n) is 7.62. The number of amides is 1. The van der Waals surface area contributed by atoms with Gasteiger partial charge in [0.05, 0.1) is 16.6 Å². The van der Waals surface area contributed by atoms with E-state index >= 15 is 0 Å². The molecule has 7 nitrogen and oxygen atoms in total. The number of fused-ring (bicyclic) bond motifs is 1. The van der Waals surface area contributed by atoms with Crippen LogP contribution in [0.5, 0.6) is 5.75 Å². The highest BCUT2D eigenvalue weighted by Crippen LogP contribution is 2.40. The minimum atomic E-state index is -4.79. The number of anilines is 2. The van der Waals surface area contributed by atoms with Gasteiger partial charge in [-0.15, -0.1) is 0 Å². The Balaban J connectivity index is 1.93. The molecular weight excluding hydrogens is 456 g/mol. The largest absolute Gasteiger partial charge is 0.489 e. The minimum absolute atomic E-state index is 0.0104. The van der Waals surface area contributed by atoms with Gasteiger partial charge in [-0.05, 0) is 63.2 Å². The van der Waals surface area contributed by atoms with Crippen molar-refractivity contribution >= 4 is 27.5 Å². The molecule has 1 aliphatic heterocycles. The molecule has 1 unspecified atom stereocenters. The van der Waals surface area contributed by atoms with Gasteiger partial charge in [-0.2, -0.15) is 13.2 Å². The Morgan fingerprint density at radius 1 is 1.16 bits per heavy atom. The van der Waals surface area contributed by atoms with Crippen molar-refractivity contribution in [3.8, 4) is 5.75 Å². The fraction of sp³-hybridized carbons (Fsp3) is 0.350. The van der Waals surface area contributed by atoms with E-state index in [9.17, 15) is 30.8 Å². The molecule has 32 heavy (non-hydrogen) atoms. The van der Waals surface area contributed by atoms with E-state index in [0.717, 1.165) is 28.6 Å². The van der Waals surface area contributed by atoms with Gasteiger partial charge in [0.2, 0.25) is 5.60 Å². The maximum absolute atomic E-state index is 13.2. The van der Waals surface area contributed by atoms with Gasteiger partial charge in [0, 0.05) is 5.69 Å². The molecule has 0 fully saturated rings. The summed E-state index contributed by atoms with van der Waals surface area (Å²) in [5.74, 6) is -0.422. The molecule has 3 rings (SSSR count). The highest BCUT2D eigenvalue weighted by Gasteiger charge is 2.51. The third-order valence-electron chi connectivity index (χ3n) is 4.72. The standard InChI is InChI=1S/C20H20F4N2O5S/c1-12-11-30-17-9-6-14(25-18(27)31-19(2,3)20(22,23)24)10-16(17)26(12)32(28,29)15-7-4-13(21)5-8-15/h4-10,12H,11H2,1-3H3,(H,25,27). The van der Waals surface area contributed by atoms with E-state index < -0.39 is 39.8 Å². The maximum Gasteiger partial charge on any atom is 0.427 e. The molecule has 1 heterocycles. The van der Waals surface area contributed by atoms with Crippen LogP contribution in [-0.2, 0) is 14.8 Å². The number of ether oxygens (including phenoxy) is 2. The molecule has 1 aliphatic rings. The molecule has 0 bridgehead atoms. The summed E-state index contributed by atoms with van der Waals surface area (Å²) >= 11 is 0. The number of nitrogens with one attached hydrogen (secondary N) is 1. The van der Waals surface area contributed by atoms with Crippen molar-refractivity contribution in [1.82, 2.24) is 0 Å². The van der Waals surface area contributed by atoms with E-state index in [2.05, 4.69) is 10.1 Å². The van der Waals surface area contributed by atoms with E-state index in [0.29, 0.717) is 13.8 Å². The summed E-state index contributed by atoms with van der Waals surface area (Å²) in [7, 11) is -4.14. The van der Waals surface area contributed by atoms with Gasteiger partial charge in [-0.1, -0.05) is 0 Å². The Morgan fingerprint density at radius 3 is 2.38 bits per heavy atom. The first-order valence-corrected chi connectivity index (χ1v) is 10.8. The van der Waals surface area contributed by atoms with Crippen LogP contribution in [0.3, 0.4) is 0 Å². The molecular formula is C20H20F4N2O5S. The quantitative estimate of drug-likeness (QED) is 0.648. The predicted octanol–water partition coefficient (Wildman–Crippen LogP) is 4.69. The first-order valence-electron chi connectivity index (χ1n) is 9.36. The highest BCUT2D eigenvalue weighted by molar-refractivity contribution is 7.92. The van der Waals surface area contributed by atoms with Crippen molar-refractivity contribution in [1.29, 1.82) is 0 Å².